The van der Waals surface area contributed by atoms with Crippen LogP contribution in [0.15, 0.2) is 30.3 Å². The molecular weight excluding hydrogens is 174 g/mol. The Bertz CT molecular complexity index is 340. The summed E-state index contributed by atoms with van der Waals surface area (Å²) in [6.45, 7) is 3.58. The minimum atomic E-state index is -0.347. The van der Waals surface area contributed by atoms with Crippen molar-refractivity contribution in [1.82, 2.24) is 5.32 Å². The van der Waals surface area contributed by atoms with E-state index in [9.17, 15) is 5.11 Å². The van der Waals surface area contributed by atoms with Gasteiger partial charge in [0.15, 0.2) is 0 Å². The summed E-state index contributed by atoms with van der Waals surface area (Å²) in [5, 5.41) is 12.6. The lowest BCUT2D eigenvalue weighted by Gasteiger charge is -2.18. The smallest absolute Gasteiger partial charge is 0.0851 e. The highest BCUT2D eigenvalue weighted by Gasteiger charge is 2.10. The van der Waals surface area contributed by atoms with Crippen molar-refractivity contribution in [2.45, 2.75) is 13.0 Å². The van der Waals surface area contributed by atoms with E-state index in [1.165, 1.54) is 16.7 Å². The number of hydrogen-bond donors (Lipinski definition) is 2. The zero-order valence-corrected chi connectivity index (χ0v) is 8.33. The minimum Gasteiger partial charge on any atom is -0.388 e. The largest absolute Gasteiger partial charge is 0.388 e. The third-order valence-corrected chi connectivity index (χ3v) is 2.48. The Kier molecular flexibility index (Phi) is 2.66. The van der Waals surface area contributed by atoms with Crippen molar-refractivity contribution in [3.63, 3.8) is 0 Å². The van der Waals surface area contributed by atoms with Gasteiger partial charge in [0.2, 0.25) is 0 Å². The molecule has 2 N–H and O–H groups in total. The molecule has 2 nitrogen and oxygen atoms in total. The van der Waals surface area contributed by atoms with Crippen molar-refractivity contribution in [2.24, 2.45) is 0 Å². The van der Waals surface area contributed by atoms with Gasteiger partial charge >= 0.3 is 0 Å². The first-order valence-corrected chi connectivity index (χ1v) is 4.92. The van der Waals surface area contributed by atoms with E-state index in [1.54, 1.807) is 0 Å². The van der Waals surface area contributed by atoms with Gasteiger partial charge in [0.1, 0.15) is 0 Å². The summed E-state index contributed by atoms with van der Waals surface area (Å²) in [6, 6.07) is 8.39. The van der Waals surface area contributed by atoms with E-state index in [0.29, 0.717) is 6.54 Å². The molecule has 0 saturated heterocycles. The van der Waals surface area contributed by atoms with Crippen molar-refractivity contribution < 1.29 is 5.11 Å². The average molecular weight is 189 g/mol. The van der Waals surface area contributed by atoms with Gasteiger partial charge in [-0.3, -0.25) is 0 Å². The topological polar surface area (TPSA) is 32.3 Å². The highest BCUT2D eigenvalue weighted by atomic mass is 16.3. The highest BCUT2D eigenvalue weighted by molar-refractivity contribution is 5.68. The van der Waals surface area contributed by atoms with Crippen LogP contribution in [-0.2, 0) is 0 Å². The van der Waals surface area contributed by atoms with E-state index in [-0.39, 0.29) is 6.10 Å². The lowest BCUT2D eigenvalue weighted by atomic mass is 10.0. The van der Waals surface area contributed by atoms with Crippen molar-refractivity contribution in [3.05, 3.63) is 41.5 Å². The fraction of sp³-hybridized carbons (Fsp3) is 0.333. The second-order valence-electron chi connectivity index (χ2n) is 3.76. The van der Waals surface area contributed by atoms with E-state index in [4.69, 9.17) is 0 Å². The number of aryl methyl sites for hydroxylation is 1. The van der Waals surface area contributed by atoms with Gasteiger partial charge in [0, 0.05) is 13.1 Å². The molecule has 1 unspecified atom stereocenters. The summed E-state index contributed by atoms with van der Waals surface area (Å²) in [6.07, 6.45) is 1.58. The third-order valence-electron chi connectivity index (χ3n) is 2.48. The van der Waals surface area contributed by atoms with Gasteiger partial charge in [0.05, 0.1) is 6.10 Å². The molecule has 0 radical (unpaired) electrons. The molecule has 1 heterocycles. The maximum atomic E-state index is 9.46. The molecule has 74 valence electrons. The van der Waals surface area contributed by atoms with Crippen molar-refractivity contribution in [2.75, 3.05) is 13.1 Å². The number of aliphatic hydroxyl groups is 1. The second-order valence-corrected chi connectivity index (χ2v) is 3.76. The first kappa shape index (κ1) is 9.44. The Morgan fingerprint density at radius 3 is 2.64 bits per heavy atom. The lowest BCUT2D eigenvalue weighted by molar-refractivity contribution is 0.217. The van der Waals surface area contributed by atoms with Crippen molar-refractivity contribution in [3.8, 4) is 0 Å². The van der Waals surface area contributed by atoms with Crippen molar-refractivity contribution >= 4 is 5.57 Å². The number of nitrogens with one attached hydrogen (secondary N) is 1. The molecule has 0 aromatic heterocycles. The lowest BCUT2D eigenvalue weighted by Crippen LogP contribution is -2.31. The van der Waals surface area contributed by atoms with Gasteiger partial charge in [-0.15, -0.1) is 0 Å². The van der Waals surface area contributed by atoms with Crippen LogP contribution >= 0.6 is 0 Å². The minimum absolute atomic E-state index is 0.347. The number of rotatable bonds is 1. The molecular formula is C12H15NO. The van der Waals surface area contributed by atoms with Gasteiger partial charge in [0.25, 0.3) is 0 Å². The molecule has 1 aromatic rings. The molecule has 0 bridgehead atoms. The van der Waals surface area contributed by atoms with Gasteiger partial charge in [-0.25, -0.2) is 0 Å². The zero-order valence-electron chi connectivity index (χ0n) is 8.33. The number of β-amino-alcohol motifs (C(OH)–C–C–N with tert-alkyl or cyclic N) is 1. The second kappa shape index (κ2) is 3.95. The van der Waals surface area contributed by atoms with Crippen LogP contribution in [0.5, 0.6) is 0 Å². The standard InChI is InChI=1S/C12H15NO/c1-9-2-4-10(5-3-9)11-6-12(14)8-13-7-11/h2-6,12-14H,7-8H2,1H3. The van der Waals surface area contributed by atoms with E-state index < -0.39 is 0 Å². The molecule has 0 aliphatic carbocycles. The Morgan fingerprint density at radius 1 is 1.29 bits per heavy atom. The van der Waals surface area contributed by atoms with Gasteiger partial charge in [-0.05, 0) is 24.1 Å². The van der Waals surface area contributed by atoms with Crippen LogP contribution in [-0.4, -0.2) is 24.3 Å². The first-order chi connectivity index (χ1) is 6.75. The summed E-state index contributed by atoms with van der Waals surface area (Å²) in [7, 11) is 0. The van der Waals surface area contributed by atoms with Crippen LogP contribution in [0.4, 0.5) is 0 Å². The maximum absolute atomic E-state index is 9.46. The van der Waals surface area contributed by atoms with Crippen LogP contribution in [0, 0.1) is 6.92 Å². The van der Waals surface area contributed by atoms with Gasteiger partial charge < -0.3 is 10.4 Å². The fourth-order valence-corrected chi connectivity index (χ4v) is 1.67. The van der Waals surface area contributed by atoms with E-state index in [1.807, 2.05) is 6.08 Å². The molecule has 2 heteroatoms. The molecule has 2 rings (SSSR count). The maximum Gasteiger partial charge on any atom is 0.0851 e. The van der Waals surface area contributed by atoms with Gasteiger partial charge in [-0.2, -0.15) is 0 Å². The Balaban J connectivity index is 2.26. The number of benzene rings is 1. The Hall–Kier alpha value is -1.12. The molecule has 0 amide bonds. The predicted molar refractivity (Wildman–Crippen MR) is 58.0 cm³/mol. The predicted octanol–water partition coefficient (Wildman–Crippen LogP) is 1.34. The molecule has 0 spiro atoms. The van der Waals surface area contributed by atoms with Crippen molar-refractivity contribution in [1.29, 1.82) is 0 Å². The normalized spacial score (nSPS) is 21.9. The Morgan fingerprint density at radius 2 is 2.00 bits per heavy atom. The van der Waals surface area contributed by atoms with E-state index >= 15 is 0 Å². The molecule has 14 heavy (non-hydrogen) atoms. The van der Waals surface area contributed by atoms with Crippen LogP contribution in [0.2, 0.25) is 0 Å². The van der Waals surface area contributed by atoms with Crippen LogP contribution in [0.3, 0.4) is 0 Å². The summed E-state index contributed by atoms with van der Waals surface area (Å²) < 4.78 is 0. The summed E-state index contributed by atoms with van der Waals surface area (Å²) in [5.74, 6) is 0. The fourth-order valence-electron chi connectivity index (χ4n) is 1.67. The van der Waals surface area contributed by atoms with Gasteiger partial charge in [-0.1, -0.05) is 29.8 Å². The SMILES string of the molecule is Cc1ccc(C2=CC(O)CNC2)cc1. The Labute approximate surface area is 84.3 Å². The van der Waals surface area contributed by atoms with Crippen LogP contribution in [0.1, 0.15) is 11.1 Å². The van der Waals surface area contributed by atoms with E-state index in [2.05, 4.69) is 36.5 Å². The van der Waals surface area contributed by atoms with E-state index in [0.717, 1.165) is 6.54 Å². The molecule has 1 aromatic carbocycles. The quantitative estimate of drug-likeness (QED) is 0.698. The summed E-state index contributed by atoms with van der Waals surface area (Å²) >= 11 is 0. The summed E-state index contributed by atoms with van der Waals surface area (Å²) in [4.78, 5) is 0. The van der Waals surface area contributed by atoms with Crippen LogP contribution in [0.25, 0.3) is 5.57 Å². The molecule has 1 aliphatic rings. The molecule has 1 aliphatic heterocycles. The third kappa shape index (κ3) is 2.03. The number of hydrogen-bond acceptors (Lipinski definition) is 2. The average Bonchev–Trinajstić information content (AvgIpc) is 2.19. The van der Waals surface area contributed by atoms with Crippen LogP contribution < -0.4 is 5.32 Å². The zero-order chi connectivity index (χ0) is 9.97. The number of aliphatic hydroxyl groups excluding tert-OH is 1. The monoisotopic (exact) mass is 189 g/mol. The first-order valence-electron chi connectivity index (χ1n) is 4.92. The highest BCUT2D eigenvalue weighted by Crippen LogP contribution is 2.17. The molecule has 0 saturated carbocycles. The molecule has 0 fully saturated rings. The summed E-state index contributed by atoms with van der Waals surface area (Å²) in [5.41, 5.74) is 3.64. The molecule has 1 atom stereocenters.